The van der Waals surface area contributed by atoms with Crippen LogP contribution < -0.4 is 5.32 Å². The lowest BCUT2D eigenvalue weighted by molar-refractivity contribution is -0.131. The molecule has 1 saturated heterocycles. The Morgan fingerprint density at radius 2 is 2.06 bits per heavy atom. The summed E-state index contributed by atoms with van der Waals surface area (Å²) in [7, 11) is 1.67. The van der Waals surface area contributed by atoms with Crippen LogP contribution in [0.3, 0.4) is 0 Å². The lowest BCUT2D eigenvalue weighted by Crippen LogP contribution is -2.42. The Hall–Kier alpha value is -1.39. The predicted octanol–water partition coefficient (Wildman–Crippen LogP) is 1.54. The Labute approximate surface area is 108 Å². The van der Waals surface area contributed by atoms with Gasteiger partial charge in [0.25, 0.3) is 0 Å². The number of rotatable bonds is 4. The third-order valence-corrected chi connectivity index (χ3v) is 3.30. The van der Waals surface area contributed by atoms with Crippen LogP contribution in [0.4, 0.5) is 0 Å². The van der Waals surface area contributed by atoms with Crippen LogP contribution in [0.2, 0.25) is 0 Å². The summed E-state index contributed by atoms with van der Waals surface area (Å²) >= 11 is 0. The molecule has 0 saturated carbocycles. The van der Waals surface area contributed by atoms with E-state index >= 15 is 0 Å². The number of ether oxygens (including phenoxy) is 1. The average molecular weight is 248 g/mol. The lowest BCUT2D eigenvalue weighted by atomic mass is 10.1. The second-order valence-electron chi connectivity index (χ2n) is 5.18. The van der Waals surface area contributed by atoms with E-state index in [1.165, 1.54) is 0 Å². The minimum Gasteiger partial charge on any atom is -0.377 e. The van der Waals surface area contributed by atoms with Gasteiger partial charge in [0, 0.05) is 7.11 Å². The molecule has 2 rings (SSSR count). The second kappa shape index (κ2) is 5.08. The first-order valence-electron chi connectivity index (χ1n) is 6.16. The molecule has 1 fully saturated rings. The van der Waals surface area contributed by atoms with Gasteiger partial charge in [-0.15, -0.1) is 0 Å². The molecule has 4 heteroatoms. The number of hydrogen-bond acceptors (Lipinski definition) is 3. The number of carbonyl (C=O) groups excluding carboxylic acids is 1. The lowest BCUT2D eigenvalue weighted by Gasteiger charge is -2.32. The average Bonchev–Trinajstić information content (AvgIpc) is 2.72. The first kappa shape index (κ1) is 13.1. The highest BCUT2D eigenvalue weighted by Crippen LogP contribution is 2.25. The number of benzene rings is 1. The highest BCUT2D eigenvalue weighted by atomic mass is 16.5. The number of hydrogen-bond donors (Lipinski definition) is 1. The van der Waals surface area contributed by atoms with E-state index in [2.05, 4.69) is 5.32 Å². The second-order valence-corrected chi connectivity index (χ2v) is 5.18. The predicted molar refractivity (Wildman–Crippen MR) is 70.0 cm³/mol. The molecule has 98 valence electrons. The van der Waals surface area contributed by atoms with Gasteiger partial charge < -0.3 is 9.64 Å². The van der Waals surface area contributed by atoms with E-state index in [9.17, 15) is 4.79 Å². The van der Waals surface area contributed by atoms with Crippen LogP contribution in [0.25, 0.3) is 0 Å². The summed E-state index contributed by atoms with van der Waals surface area (Å²) in [5.74, 6) is 0.119. The Balaban J connectivity index is 2.18. The quantitative estimate of drug-likeness (QED) is 0.879. The summed E-state index contributed by atoms with van der Waals surface area (Å²) in [5, 5.41) is 3.24. The van der Waals surface area contributed by atoms with Gasteiger partial charge in [0.05, 0.1) is 18.7 Å². The van der Waals surface area contributed by atoms with E-state index in [0.717, 1.165) is 5.56 Å². The molecule has 1 unspecified atom stereocenters. The van der Waals surface area contributed by atoms with Gasteiger partial charge in [0.1, 0.15) is 6.17 Å². The van der Waals surface area contributed by atoms with Crippen molar-refractivity contribution in [2.75, 3.05) is 20.2 Å². The van der Waals surface area contributed by atoms with Crippen molar-refractivity contribution >= 4 is 5.91 Å². The molecule has 0 radical (unpaired) electrons. The number of amides is 1. The fourth-order valence-electron chi connectivity index (χ4n) is 2.13. The van der Waals surface area contributed by atoms with Crippen LogP contribution in [-0.2, 0) is 9.53 Å². The van der Waals surface area contributed by atoms with Gasteiger partial charge in [-0.3, -0.25) is 10.1 Å². The molecule has 1 aliphatic heterocycles. The highest BCUT2D eigenvalue weighted by molar-refractivity contribution is 5.81. The molecule has 1 amide bonds. The molecular weight excluding hydrogens is 228 g/mol. The van der Waals surface area contributed by atoms with Gasteiger partial charge in [-0.25, -0.2) is 0 Å². The van der Waals surface area contributed by atoms with E-state index in [1.54, 1.807) is 7.11 Å². The number of methoxy groups -OCH3 is 1. The van der Waals surface area contributed by atoms with E-state index in [1.807, 2.05) is 49.1 Å². The maximum absolute atomic E-state index is 12.0. The summed E-state index contributed by atoms with van der Waals surface area (Å²) < 4.78 is 5.41. The maximum Gasteiger partial charge on any atom is 0.238 e. The largest absolute Gasteiger partial charge is 0.377 e. The van der Waals surface area contributed by atoms with E-state index in [-0.39, 0.29) is 17.7 Å². The summed E-state index contributed by atoms with van der Waals surface area (Å²) in [5.41, 5.74) is 0.768. The maximum atomic E-state index is 12.0. The third kappa shape index (κ3) is 2.71. The van der Waals surface area contributed by atoms with Gasteiger partial charge in [-0.2, -0.15) is 0 Å². The monoisotopic (exact) mass is 248 g/mol. The molecule has 0 aromatic heterocycles. The Morgan fingerprint density at radius 3 is 2.67 bits per heavy atom. The zero-order valence-electron chi connectivity index (χ0n) is 11.1. The summed E-state index contributed by atoms with van der Waals surface area (Å²) in [6.07, 6.45) is -0.0480. The molecular formula is C14H20N2O2. The van der Waals surface area contributed by atoms with Crippen LogP contribution in [0.5, 0.6) is 0 Å². The first-order chi connectivity index (χ1) is 8.53. The minimum absolute atomic E-state index is 0.0480. The molecule has 0 aliphatic carbocycles. The summed E-state index contributed by atoms with van der Waals surface area (Å²) in [6.45, 7) is 4.94. The van der Waals surface area contributed by atoms with E-state index < -0.39 is 0 Å². The Kier molecular flexibility index (Phi) is 3.68. The van der Waals surface area contributed by atoms with Crippen molar-refractivity contribution in [1.82, 2.24) is 10.2 Å². The molecule has 1 atom stereocenters. The van der Waals surface area contributed by atoms with Crippen molar-refractivity contribution in [3.63, 3.8) is 0 Å². The fourth-order valence-corrected chi connectivity index (χ4v) is 2.13. The van der Waals surface area contributed by atoms with E-state index in [0.29, 0.717) is 13.1 Å². The molecule has 4 nitrogen and oxygen atoms in total. The van der Waals surface area contributed by atoms with Crippen LogP contribution in [0.15, 0.2) is 30.3 Å². The Morgan fingerprint density at radius 1 is 1.39 bits per heavy atom. The van der Waals surface area contributed by atoms with Gasteiger partial charge in [0.2, 0.25) is 5.91 Å². The molecule has 0 spiro atoms. The molecule has 1 aromatic carbocycles. The number of nitrogens with zero attached hydrogens (tertiary/aromatic N) is 1. The number of carbonyl (C=O) groups is 1. The first-order valence-corrected chi connectivity index (χ1v) is 6.16. The highest BCUT2D eigenvalue weighted by Gasteiger charge is 2.35. The van der Waals surface area contributed by atoms with Crippen LogP contribution >= 0.6 is 0 Å². The molecule has 1 N–H and O–H groups in total. The topological polar surface area (TPSA) is 41.6 Å². The molecule has 1 aromatic rings. The van der Waals surface area contributed by atoms with Crippen molar-refractivity contribution in [2.45, 2.75) is 25.6 Å². The fraction of sp³-hybridized carbons (Fsp3) is 0.500. The van der Waals surface area contributed by atoms with E-state index in [4.69, 9.17) is 4.74 Å². The standard InChI is InChI=1S/C14H20N2O2/c1-14(2,18-3)10-16-12(17)9-15-13(16)11-7-5-4-6-8-11/h4-8,13,15H,9-10H2,1-3H3. The van der Waals surface area contributed by atoms with Crippen LogP contribution in [0.1, 0.15) is 25.6 Å². The molecule has 18 heavy (non-hydrogen) atoms. The summed E-state index contributed by atoms with van der Waals surface area (Å²) in [6, 6.07) is 10.0. The smallest absolute Gasteiger partial charge is 0.238 e. The van der Waals surface area contributed by atoms with Crippen molar-refractivity contribution in [3.05, 3.63) is 35.9 Å². The molecule has 1 heterocycles. The van der Waals surface area contributed by atoms with Crippen LogP contribution in [0, 0.1) is 0 Å². The summed E-state index contributed by atoms with van der Waals surface area (Å²) in [4.78, 5) is 13.8. The molecule has 1 aliphatic rings. The SMILES string of the molecule is COC(C)(C)CN1C(=O)CNC1c1ccccc1. The minimum atomic E-state index is -0.339. The van der Waals surface area contributed by atoms with Crippen molar-refractivity contribution in [2.24, 2.45) is 0 Å². The zero-order chi connectivity index (χ0) is 13.2. The van der Waals surface area contributed by atoms with Crippen molar-refractivity contribution in [3.8, 4) is 0 Å². The van der Waals surface area contributed by atoms with Crippen LogP contribution in [-0.4, -0.2) is 36.6 Å². The van der Waals surface area contributed by atoms with Gasteiger partial charge in [0.15, 0.2) is 0 Å². The normalized spacial score (nSPS) is 20.5. The Bertz CT molecular complexity index is 417. The van der Waals surface area contributed by atoms with Gasteiger partial charge >= 0.3 is 0 Å². The third-order valence-electron chi connectivity index (χ3n) is 3.30. The van der Waals surface area contributed by atoms with Crippen molar-refractivity contribution in [1.29, 1.82) is 0 Å². The van der Waals surface area contributed by atoms with Gasteiger partial charge in [-0.1, -0.05) is 30.3 Å². The molecule has 0 bridgehead atoms. The van der Waals surface area contributed by atoms with Crippen molar-refractivity contribution < 1.29 is 9.53 Å². The number of nitrogens with one attached hydrogen (secondary N) is 1. The zero-order valence-corrected chi connectivity index (χ0v) is 11.1. The van der Waals surface area contributed by atoms with Gasteiger partial charge in [-0.05, 0) is 19.4 Å².